The fraction of sp³-hybridized carbons (Fsp3) is 0.267. The molecule has 11 heteroatoms. The fourth-order valence-electron chi connectivity index (χ4n) is 4.50. The van der Waals surface area contributed by atoms with Crippen LogP contribution in [0.25, 0.3) is 5.76 Å². The number of rotatable bonds is 10. The van der Waals surface area contributed by atoms with Crippen LogP contribution in [-0.2, 0) is 14.3 Å². The van der Waals surface area contributed by atoms with Gasteiger partial charge in [-0.2, -0.15) is 0 Å². The highest BCUT2D eigenvalue weighted by Gasteiger charge is 2.48. The van der Waals surface area contributed by atoms with Gasteiger partial charge in [-0.05, 0) is 62.2 Å². The van der Waals surface area contributed by atoms with Crippen LogP contribution in [0.3, 0.4) is 0 Å². The first-order chi connectivity index (χ1) is 19.7. The summed E-state index contributed by atoms with van der Waals surface area (Å²) < 4.78 is 21.6. The minimum Gasteiger partial charge on any atom is -0.507 e. The molecule has 2 heterocycles. The van der Waals surface area contributed by atoms with E-state index in [1.54, 1.807) is 63.2 Å². The van der Waals surface area contributed by atoms with Crippen molar-refractivity contribution >= 4 is 39.9 Å². The minimum absolute atomic E-state index is 0.107. The molecule has 1 saturated heterocycles. The molecule has 0 radical (unpaired) electrons. The van der Waals surface area contributed by atoms with Gasteiger partial charge in [0.05, 0.1) is 38.1 Å². The number of hydrogen-bond acceptors (Lipinski definition) is 10. The van der Waals surface area contributed by atoms with E-state index >= 15 is 0 Å². The van der Waals surface area contributed by atoms with Crippen LogP contribution in [-0.4, -0.2) is 55.2 Å². The Morgan fingerprint density at radius 2 is 1.80 bits per heavy atom. The van der Waals surface area contributed by atoms with Crippen LogP contribution < -0.4 is 19.1 Å². The molecule has 1 atom stereocenters. The standard InChI is InChI=1S/C30H30N2O8S/c1-7-13-40-20-11-10-19(14-16(20)3)25(33)23-24(18-9-12-21(37-5)22(15-18)38-6)32(28(35)26(23)34)30-31-17(4)27(41-30)29(36)39-8-2/h7,9-12,14-15,24,33H,1,8,13H2,2-6H3. The van der Waals surface area contributed by atoms with Crippen molar-refractivity contribution in [1.82, 2.24) is 4.98 Å². The van der Waals surface area contributed by atoms with Crippen LogP contribution >= 0.6 is 11.3 Å². The zero-order valence-corrected chi connectivity index (χ0v) is 24.2. The number of ether oxygens (including phenoxy) is 4. The molecule has 1 unspecified atom stereocenters. The number of ketones is 1. The minimum atomic E-state index is -1.09. The molecule has 41 heavy (non-hydrogen) atoms. The Balaban J connectivity index is 1.92. The molecular weight excluding hydrogens is 548 g/mol. The SMILES string of the molecule is C=CCOc1ccc(C(O)=C2C(=O)C(=O)N(c3nc(C)c(C(=O)OCC)s3)C2c2ccc(OC)c(OC)c2)cc1C. The first-order valence-corrected chi connectivity index (χ1v) is 13.5. The average Bonchev–Trinajstić information content (AvgIpc) is 3.47. The van der Waals surface area contributed by atoms with Gasteiger partial charge in [0.2, 0.25) is 0 Å². The Kier molecular flexibility index (Phi) is 8.77. The number of nitrogens with zero attached hydrogens (tertiary/aromatic N) is 2. The lowest BCUT2D eigenvalue weighted by molar-refractivity contribution is -0.132. The van der Waals surface area contributed by atoms with Gasteiger partial charge in [0.25, 0.3) is 5.78 Å². The summed E-state index contributed by atoms with van der Waals surface area (Å²) in [6.07, 6.45) is 1.62. The number of aliphatic hydroxyl groups is 1. The molecule has 3 aromatic rings. The Hall–Kier alpha value is -4.64. The van der Waals surface area contributed by atoms with Crippen LogP contribution in [0, 0.1) is 13.8 Å². The molecule has 1 fully saturated rings. The number of methoxy groups -OCH3 is 2. The van der Waals surface area contributed by atoms with E-state index in [9.17, 15) is 19.5 Å². The zero-order valence-electron chi connectivity index (χ0n) is 23.3. The molecule has 1 aliphatic heterocycles. The molecule has 0 bridgehead atoms. The van der Waals surface area contributed by atoms with E-state index in [-0.39, 0.29) is 27.9 Å². The Bertz CT molecular complexity index is 1560. The van der Waals surface area contributed by atoms with Crippen molar-refractivity contribution < 1.29 is 38.4 Å². The zero-order chi connectivity index (χ0) is 29.8. The highest BCUT2D eigenvalue weighted by molar-refractivity contribution is 7.17. The number of amides is 1. The normalized spacial score (nSPS) is 16.0. The molecule has 0 aliphatic carbocycles. The van der Waals surface area contributed by atoms with E-state index in [4.69, 9.17) is 18.9 Å². The number of anilines is 1. The molecule has 2 aromatic carbocycles. The molecule has 1 aromatic heterocycles. The highest BCUT2D eigenvalue weighted by Crippen LogP contribution is 2.45. The van der Waals surface area contributed by atoms with E-state index < -0.39 is 23.7 Å². The lowest BCUT2D eigenvalue weighted by Gasteiger charge is -2.24. The summed E-state index contributed by atoms with van der Waals surface area (Å²) in [6.45, 7) is 9.22. The predicted molar refractivity (Wildman–Crippen MR) is 154 cm³/mol. The molecule has 1 aliphatic rings. The topological polar surface area (TPSA) is 124 Å². The number of esters is 1. The smallest absolute Gasteiger partial charge is 0.350 e. The summed E-state index contributed by atoms with van der Waals surface area (Å²) in [5, 5.41) is 11.6. The maximum Gasteiger partial charge on any atom is 0.350 e. The number of aliphatic hydroxyl groups excluding tert-OH is 1. The van der Waals surface area contributed by atoms with Gasteiger partial charge in [-0.15, -0.1) is 0 Å². The van der Waals surface area contributed by atoms with Crippen molar-refractivity contribution in [3.8, 4) is 17.2 Å². The second-order valence-electron chi connectivity index (χ2n) is 8.99. The largest absolute Gasteiger partial charge is 0.507 e. The number of aromatic nitrogens is 1. The summed E-state index contributed by atoms with van der Waals surface area (Å²) in [6, 6.07) is 8.78. The summed E-state index contributed by atoms with van der Waals surface area (Å²) >= 11 is 0.931. The summed E-state index contributed by atoms with van der Waals surface area (Å²) in [5.41, 5.74) is 1.69. The number of hydrogen-bond donors (Lipinski definition) is 1. The number of aryl methyl sites for hydroxylation is 2. The molecule has 4 rings (SSSR count). The third-order valence-electron chi connectivity index (χ3n) is 6.43. The molecule has 0 saturated carbocycles. The van der Waals surface area contributed by atoms with Gasteiger partial charge in [-0.25, -0.2) is 9.78 Å². The maximum absolute atomic E-state index is 13.6. The van der Waals surface area contributed by atoms with E-state index in [1.807, 2.05) is 0 Å². The second-order valence-corrected chi connectivity index (χ2v) is 9.97. The van der Waals surface area contributed by atoms with Gasteiger partial charge in [0, 0.05) is 5.56 Å². The second kappa shape index (κ2) is 12.3. The van der Waals surface area contributed by atoms with E-state index in [1.165, 1.54) is 19.1 Å². The van der Waals surface area contributed by atoms with Crippen LogP contribution in [0.5, 0.6) is 17.2 Å². The Labute approximate surface area is 241 Å². The molecule has 214 valence electrons. The monoisotopic (exact) mass is 578 g/mol. The average molecular weight is 579 g/mol. The van der Waals surface area contributed by atoms with Crippen molar-refractivity contribution in [1.29, 1.82) is 0 Å². The van der Waals surface area contributed by atoms with Gasteiger partial charge in [-0.3, -0.25) is 14.5 Å². The molecular formula is C30H30N2O8S. The molecule has 0 spiro atoms. The predicted octanol–water partition coefficient (Wildman–Crippen LogP) is 5.14. The number of carbonyl (C=O) groups excluding carboxylic acids is 3. The van der Waals surface area contributed by atoms with Crippen LogP contribution in [0.1, 0.15) is 45.0 Å². The lowest BCUT2D eigenvalue weighted by atomic mass is 9.94. The van der Waals surface area contributed by atoms with Crippen molar-refractivity contribution in [2.75, 3.05) is 32.3 Å². The summed E-state index contributed by atoms with van der Waals surface area (Å²) in [7, 11) is 2.96. The fourth-order valence-corrected chi connectivity index (χ4v) is 5.49. The molecule has 1 amide bonds. The van der Waals surface area contributed by atoms with Gasteiger partial charge >= 0.3 is 11.9 Å². The van der Waals surface area contributed by atoms with Gasteiger partial charge in [-0.1, -0.05) is 30.1 Å². The first kappa shape index (κ1) is 29.3. The Morgan fingerprint density at radius 3 is 2.44 bits per heavy atom. The van der Waals surface area contributed by atoms with Crippen molar-refractivity contribution in [3.05, 3.63) is 81.9 Å². The van der Waals surface area contributed by atoms with Gasteiger partial charge < -0.3 is 24.1 Å². The Morgan fingerprint density at radius 1 is 1.10 bits per heavy atom. The van der Waals surface area contributed by atoms with Gasteiger partial charge in [0.15, 0.2) is 16.6 Å². The van der Waals surface area contributed by atoms with E-state index in [0.29, 0.717) is 46.2 Å². The number of benzene rings is 2. The highest BCUT2D eigenvalue weighted by atomic mass is 32.1. The number of carbonyl (C=O) groups is 3. The van der Waals surface area contributed by atoms with Crippen LogP contribution in [0.15, 0.2) is 54.6 Å². The summed E-state index contributed by atoms with van der Waals surface area (Å²) in [5.74, 6) is -1.38. The molecule has 1 N–H and O–H groups in total. The third-order valence-corrected chi connectivity index (χ3v) is 7.56. The number of Topliss-reactive ketones (excluding diaryl/α,β-unsaturated/α-hetero) is 1. The van der Waals surface area contributed by atoms with Crippen molar-refractivity contribution in [2.45, 2.75) is 26.8 Å². The van der Waals surface area contributed by atoms with Gasteiger partial charge in [0.1, 0.15) is 23.0 Å². The quantitative estimate of drug-likeness (QED) is 0.114. The summed E-state index contributed by atoms with van der Waals surface area (Å²) in [4.78, 5) is 45.5. The van der Waals surface area contributed by atoms with E-state index in [0.717, 1.165) is 11.3 Å². The van der Waals surface area contributed by atoms with E-state index in [2.05, 4.69) is 11.6 Å². The van der Waals surface area contributed by atoms with Crippen LogP contribution in [0.4, 0.5) is 5.13 Å². The van der Waals surface area contributed by atoms with Crippen molar-refractivity contribution in [3.63, 3.8) is 0 Å². The first-order valence-electron chi connectivity index (χ1n) is 12.7. The van der Waals surface area contributed by atoms with Crippen LogP contribution in [0.2, 0.25) is 0 Å². The van der Waals surface area contributed by atoms with Crippen molar-refractivity contribution in [2.24, 2.45) is 0 Å². The number of thiazole rings is 1. The maximum atomic E-state index is 13.6. The molecule has 10 nitrogen and oxygen atoms in total. The third kappa shape index (κ3) is 5.53. The lowest BCUT2D eigenvalue weighted by Crippen LogP contribution is -2.29.